The molecule has 1 aliphatic rings. The number of amides is 1. The van der Waals surface area contributed by atoms with E-state index in [-0.39, 0.29) is 24.1 Å². The van der Waals surface area contributed by atoms with Crippen LogP contribution in [0.15, 0.2) is 18.2 Å². The molecule has 2 atom stereocenters. The van der Waals surface area contributed by atoms with Crippen LogP contribution in [0.4, 0.5) is 4.39 Å². The van der Waals surface area contributed by atoms with Gasteiger partial charge in [0, 0.05) is 11.6 Å². The molecule has 1 aliphatic carbocycles. The SMILES string of the molecule is CCCC1CC1NC(=O)c1cc(F)ccc1C#CCN. The topological polar surface area (TPSA) is 55.1 Å². The van der Waals surface area contributed by atoms with Gasteiger partial charge in [0.25, 0.3) is 5.91 Å². The summed E-state index contributed by atoms with van der Waals surface area (Å²) < 4.78 is 13.3. The van der Waals surface area contributed by atoms with E-state index in [1.807, 2.05) is 0 Å². The number of nitrogens with two attached hydrogens (primary N) is 1. The van der Waals surface area contributed by atoms with Crippen molar-refractivity contribution in [2.75, 3.05) is 6.54 Å². The fraction of sp³-hybridized carbons (Fsp3) is 0.438. The monoisotopic (exact) mass is 274 g/mol. The van der Waals surface area contributed by atoms with Crippen molar-refractivity contribution in [1.82, 2.24) is 5.32 Å². The number of hydrogen-bond donors (Lipinski definition) is 2. The lowest BCUT2D eigenvalue weighted by molar-refractivity contribution is 0.0948. The van der Waals surface area contributed by atoms with Crippen LogP contribution in [0.5, 0.6) is 0 Å². The Morgan fingerprint density at radius 2 is 2.35 bits per heavy atom. The Morgan fingerprint density at radius 1 is 1.55 bits per heavy atom. The summed E-state index contributed by atoms with van der Waals surface area (Å²) >= 11 is 0. The van der Waals surface area contributed by atoms with Gasteiger partial charge in [0.2, 0.25) is 0 Å². The van der Waals surface area contributed by atoms with Gasteiger partial charge in [0.15, 0.2) is 0 Å². The second-order valence-corrected chi connectivity index (χ2v) is 5.06. The molecule has 2 unspecified atom stereocenters. The van der Waals surface area contributed by atoms with E-state index in [2.05, 4.69) is 24.1 Å². The highest BCUT2D eigenvalue weighted by molar-refractivity contribution is 5.97. The summed E-state index contributed by atoms with van der Waals surface area (Å²) in [5.41, 5.74) is 6.13. The van der Waals surface area contributed by atoms with Crippen molar-refractivity contribution in [2.45, 2.75) is 32.2 Å². The maximum absolute atomic E-state index is 13.3. The van der Waals surface area contributed by atoms with Crippen LogP contribution >= 0.6 is 0 Å². The summed E-state index contributed by atoms with van der Waals surface area (Å²) in [4.78, 5) is 12.2. The zero-order chi connectivity index (χ0) is 14.5. The molecule has 0 spiro atoms. The summed E-state index contributed by atoms with van der Waals surface area (Å²) in [5.74, 6) is 5.38. The molecule has 0 aromatic heterocycles. The van der Waals surface area contributed by atoms with E-state index in [9.17, 15) is 9.18 Å². The maximum atomic E-state index is 13.3. The van der Waals surface area contributed by atoms with E-state index >= 15 is 0 Å². The number of halogens is 1. The Kier molecular flexibility index (Phi) is 4.75. The molecule has 20 heavy (non-hydrogen) atoms. The predicted molar refractivity (Wildman–Crippen MR) is 76.6 cm³/mol. The van der Waals surface area contributed by atoms with Gasteiger partial charge in [-0.3, -0.25) is 4.79 Å². The van der Waals surface area contributed by atoms with Gasteiger partial charge in [0.05, 0.1) is 12.1 Å². The van der Waals surface area contributed by atoms with Crippen molar-refractivity contribution < 1.29 is 9.18 Å². The second-order valence-electron chi connectivity index (χ2n) is 5.06. The summed E-state index contributed by atoms with van der Waals surface area (Å²) in [6.45, 7) is 2.34. The molecule has 4 heteroatoms. The quantitative estimate of drug-likeness (QED) is 0.826. The van der Waals surface area contributed by atoms with Crippen molar-refractivity contribution >= 4 is 5.91 Å². The third kappa shape index (κ3) is 3.58. The Labute approximate surface area is 118 Å². The van der Waals surface area contributed by atoms with Gasteiger partial charge in [0.1, 0.15) is 5.82 Å². The molecule has 0 saturated heterocycles. The van der Waals surface area contributed by atoms with Gasteiger partial charge >= 0.3 is 0 Å². The molecule has 0 heterocycles. The molecule has 1 aromatic rings. The maximum Gasteiger partial charge on any atom is 0.252 e. The minimum Gasteiger partial charge on any atom is -0.349 e. The van der Waals surface area contributed by atoms with Crippen LogP contribution in [0, 0.1) is 23.6 Å². The third-order valence-electron chi connectivity index (χ3n) is 3.45. The lowest BCUT2D eigenvalue weighted by Crippen LogP contribution is -2.27. The summed E-state index contributed by atoms with van der Waals surface area (Å²) in [7, 11) is 0. The molecule has 2 rings (SSSR count). The Hall–Kier alpha value is -1.86. The highest BCUT2D eigenvalue weighted by Crippen LogP contribution is 2.34. The van der Waals surface area contributed by atoms with Crippen LogP contribution in [0.25, 0.3) is 0 Å². The number of carbonyl (C=O) groups excluding carboxylic acids is 1. The number of rotatable bonds is 4. The van der Waals surface area contributed by atoms with Gasteiger partial charge in [-0.15, -0.1) is 0 Å². The largest absolute Gasteiger partial charge is 0.349 e. The summed E-state index contributed by atoms with van der Waals surface area (Å²) in [5, 5.41) is 2.94. The first-order chi connectivity index (χ1) is 9.65. The molecule has 1 aromatic carbocycles. The number of carbonyl (C=O) groups is 1. The molecule has 1 saturated carbocycles. The first-order valence-electron chi connectivity index (χ1n) is 6.95. The lowest BCUT2D eigenvalue weighted by atomic mass is 10.1. The molecule has 106 valence electrons. The Bertz CT molecular complexity index is 559. The molecule has 1 fully saturated rings. The van der Waals surface area contributed by atoms with Crippen LogP contribution in [-0.4, -0.2) is 18.5 Å². The molecule has 3 nitrogen and oxygen atoms in total. The average Bonchev–Trinajstić information content (AvgIpc) is 3.15. The number of benzene rings is 1. The van der Waals surface area contributed by atoms with Gasteiger partial charge in [-0.25, -0.2) is 4.39 Å². The summed E-state index contributed by atoms with van der Waals surface area (Å²) in [6, 6.07) is 4.27. The molecular weight excluding hydrogens is 255 g/mol. The first kappa shape index (κ1) is 14.5. The van der Waals surface area contributed by atoms with E-state index in [1.165, 1.54) is 18.2 Å². The molecular formula is C16H19FN2O. The highest BCUT2D eigenvalue weighted by Gasteiger charge is 2.37. The van der Waals surface area contributed by atoms with Crippen LogP contribution in [0.3, 0.4) is 0 Å². The molecule has 0 bridgehead atoms. The minimum atomic E-state index is -0.436. The van der Waals surface area contributed by atoms with E-state index in [4.69, 9.17) is 5.73 Å². The van der Waals surface area contributed by atoms with Crippen LogP contribution in [0.1, 0.15) is 42.1 Å². The third-order valence-corrected chi connectivity index (χ3v) is 3.45. The Morgan fingerprint density at radius 3 is 3.05 bits per heavy atom. The molecule has 0 radical (unpaired) electrons. The van der Waals surface area contributed by atoms with E-state index < -0.39 is 5.82 Å². The van der Waals surface area contributed by atoms with Crippen molar-refractivity contribution in [1.29, 1.82) is 0 Å². The van der Waals surface area contributed by atoms with E-state index in [1.54, 1.807) is 0 Å². The van der Waals surface area contributed by atoms with Crippen molar-refractivity contribution in [3.8, 4) is 11.8 Å². The average molecular weight is 274 g/mol. The van der Waals surface area contributed by atoms with Gasteiger partial charge < -0.3 is 11.1 Å². The zero-order valence-corrected chi connectivity index (χ0v) is 11.6. The standard InChI is InChI=1S/C16H19FN2O/c1-2-4-12-9-15(12)19-16(20)14-10-13(17)7-6-11(14)5-3-8-18/h6-7,10,12,15H,2,4,8-9,18H2,1H3,(H,19,20). The van der Waals surface area contributed by atoms with Crippen molar-refractivity contribution in [2.24, 2.45) is 11.7 Å². The van der Waals surface area contributed by atoms with Crippen LogP contribution in [0.2, 0.25) is 0 Å². The van der Waals surface area contributed by atoms with Gasteiger partial charge in [-0.2, -0.15) is 0 Å². The zero-order valence-electron chi connectivity index (χ0n) is 11.6. The van der Waals surface area contributed by atoms with Crippen LogP contribution < -0.4 is 11.1 Å². The lowest BCUT2D eigenvalue weighted by Gasteiger charge is -2.07. The molecule has 0 aliphatic heterocycles. The van der Waals surface area contributed by atoms with E-state index in [0.29, 0.717) is 11.5 Å². The smallest absolute Gasteiger partial charge is 0.252 e. The number of hydrogen-bond acceptors (Lipinski definition) is 2. The minimum absolute atomic E-state index is 0.208. The summed E-state index contributed by atoms with van der Waals surface area (Å²) in [6.07, 6.45) is 3.25. The van der Waals surface area contributed by atoms with Crippen molar-refractivity contribution in [3.63, 3.8) is 0 Å². The first-order valence-corrected chi connectivity index (χ1v) is 6.95. The molecule has 1 amide bonds. The predicted octanol–water partition coefficient (Wildman–Crippen LogP) is 2.05. The fourth-order valence-corrected chi connectivity index (χ4v) is 2.32. The van der Waals surface area contributed by atoms with E-state index in [0.717, 1.165) is 19.3 Å². The van der Waals surface area contributed by atoms with Gasteiger partial charge in [-0.05, 0) is 37.0 Å². The van der Waals surface area contributed by atoms with Gasteiger partial charge in [-0.1, -0.05) is 25.2 Å². The Balaban J connectivity index is 2.10. The van der Waals surface area contributed by atoms with Crippen LogP contribution in [-0.2, 0) is 0 Å². The molecule has 3 N–H and O–H groups in total. The normalized spacial score (nSPS) is 19.9. The second kappa shape index (κ2) is 6.53. The number of nitrogens with one attached hydrogen (secondary N) is 1. The fourth-order valence-electron chi connectivity index (χ4n) is 2.32. The van der Waals surface area contributed by atoms with Crippen molar-refractivity contribution in [3.05, 3.63) is 35.1 Å². The highest BCUT2D eigenvalue weighted by atomic mass is 19.1.